The van der Waals surface area contributed by atoms with Crippen molar-refractivity contribution in [3.63, 3.8) is 0 Å². The van der Waals surface area contributed by atoms with Crippen LogP contribution in [0.15, 0.2) is 78.9 Å². The van der Waals surface area contributed by atoms with Crippen molar-refractivity contribution in [1.82, 2.24) is 0 Å². The molecule has 0 saturated heterocycles. The standard InChI is InChI=1S/C26H22O4/c1-28-20-9-4-17(5-10-20)23-14-8-19-16-22(30-3)13-15-24(19)25(23)26(27)18-6-11-21(29-2)12-7-18/h4-16H,1-3H3. The number of carbonyl (C=O) groups excluding carboxylic acids is 1. The highest BCUT2D eigenvalue weighted by Gasteiger charge is 2.19. The summed E-state index contributed by atoms with van der Waals surface area (Å²) < 4.78 is 15.9. The van der Waals surface area contributed by atoms with E-state index in [9.17, 15) is 4.79 Å². The monoisotopic (exact) mass is 398 g/mol. The first-order valence-electron chi connectivity index (χ1n) is 9.58. The van der Waals surface area contributed by atoms with Gasteiger partial charge in [-0.15, -0.1) is 0 Å². The van der Waals surface area contributed by atoms with Crippen molar-refractivity contribution in [3.05, 3.63) is 90.0 Å². The molecule has 0 aromatic heterocycles. The molecule has 0 aliphatic heterocycles. The van der Waals surface area contributed by atoms with Gasteiger partial charge in [0, 0.05) is 11.1 Å². The Hall–Kier alpha value is -3.79. The fourth-order valence-corrected chi connectivity index (χ4v) is 3.58. The maximum atomic E-state index is 13.6. The van der Waals surface area contributed by atoms with Crippen LogP contribution in [0, 0.1) is 0 Å². The Kier molecular flexibility index (Phi) is 5.40. The zero-order chi connectivity index (χ0) is 21.1. The maximum Gasteiger partial charge on any atom is 0.194 e. The van der Waals surface area contributed by atoms with Crippen LogP contribution in [0.2, 0.25) is 0 Å². The Labute approximate surface area is 175 Å². The second-order valence-corrected chi connectivity index (χ2v) is 6.86. The Balaban J connectivity index is 1.93. The Morgan fingerprint density at radius 1 is 0.633 bits per heavy atom. The molecule has 0 fully saturated rings. The quantitative estimate of drug-likeness (QED) is 0.387. The van der Waals surface area contributed by atoms with E-state index in [0.29, 0.717) is 16.9 Å². The minimum absolute atomic E-state index is 0.0424. The van der Waals surface area contributed by atoms with Crippen molar-refractivity contribution in [3.8, 4) is 28.4 Å². The number of hydrogen-bond donors (Lipinski definition) is 0. The summed E-state index contributed by atoms with van der Waals surface area (Å²) in [5, 5.41) is 1.83. The fraction of sp³-hybridized carbons (Fsp3) is 0.115. The summed E-state index contributed by atoms with van der Waals surface area (Å²) >= 11 is 0. The minimum atomic E-state index is -0.0424. The Morgan fingerprint density at radius 2 is 1.20 bits per heavy atom. The van der Waals surface area contributed by atoms with Gasteiger partial charge in [-0.25, -0.2) is 0 Å². The van der Waals surface area contributed by atoms with E-state index in [-0.39, 0.29) is 5.78 Å². The van der Waals surface area contributed by atoms with Crippen LogP contribution >= 0.6 is 0 Å². The summed E-state index contributed by atoms with van der Waals surface area (Å²) in [5.41, 5.74) is 3.08. The van der Waals surface area contributed by atoms with Crippen LogP contribution in [-0.4, -0.2) is 27.1 Å². The summed E-state index contributed by atoms with van der Waals surface area (Å²) in [6.07, 6.45) is 0. The molecule has 0 saturated carbocycles. The van der Waals surface area contributed by atoms with Crippen LogP contribution < -0.4 is 14.2 Å². The SMILES string of the molecule is COc1ccc(C(=O)c2c(-c3ccc(OC)cc3)ccc3cc(OC)ccc23)cc1. The van der Waals surface area contributed by atoms with E-state index in [4.69, 9.17) is 14.2 Å². The molecular formula is C26H22O4. The topological polar surface area (TPSA) is 44.8 Å². The van der Waals surface area contributed by atoms with Gasteiger partial charge in [-0.1, -0.05) is 24.3 Å². The summed E-state index contributed by atoms with van der Waals surface area (Å²) in [5.74, 6) is 2.19. The van der Waals surface area contributed by atoms with Gasteiger partial charge in [-0.3, -0.25) is 4.79 Å². The van der Waals surface area contributed by atoms with Crippen LogP contribution in [0.4, 0.5) is 0 Å². The third-order valence-electron chi connectivity index (χ3n) is 5.21. The molecule has 0 aliphatic rings. The predicted octanol–water partition coefficient (Wildman–Crippen LogP) is 5.76. The fourth-order valence-electron chi connectivity index (χ4n) is 3.58. The van der Waals surface area contributed by atoms with Gasteiger partial charge in [-0.2, -0.15) is 0 Å². The van der Waals surface area contributed by atoms with Gasteiger partial charge in [0.25, 0.3) is 0 Å². The van der Waals surface area contributed by atoms with Gasteiger partial charge >= 0.3 is 0 Å². The van der Waals surface area contributed by atoms with E-state index in [1.54, 1.807) is 45.6 Å². The summed E-state index contributed by atoms with van der Waals surface area (Å²) in [7, 11) is 4.88. The van der Waals surface area contributed by atoms with Crippen molar-refractivity contribution < 1.29 is 19.0 Å². The van der Waals surface area contributed by atoms with Crippen LogP contribution in [0.5, 0.6) is 17.2 Å². The van der Waals surface area contributed by atoms with Crippen molar-refractivity contribution in [1.29, 1.82) is 0 Å². The lowest BCUT2D eigenvalue weighted by Gasteiger charge is -2.14. The Bertz CT molecular complexity index is 1190. The van der Waals surface area contributed by atoms with Crippen molar-refractivity contribution >= 4 is 16.6 Å². The molecule has 0 unspecified atom stereocenters. The van der Waals surface area contributed by atoms with Crippen LogP contribution in [0.3, 0.4) is 0 Å². The average Bonchev–Trinajstić information content (AvgIpc) is 2.82. The third-order valence-corrected chi connectivity index (χ3v) is 5.21. The molecule has 4 rings (SSSR count). The second-order valence-electron chi connectivity index (χ2n) is 6.86. The first kappa shape index (κ1) is 19.5. The van der Waals surface area contributed by atoms with Gasteiger partial charge in [0.05, 0.1) is 21.3 Å². The lowest BCUT2D eigenvalue weighted by molar-refractivity contribution is 0.104. The summed E-state index contributed by atoms with van der Waals surface area (Å²) in [6, 6.07) is 24.7. The normalized spacial score (nSPS) is 10.6. The van der Waals surface area contributed by atoms with E-state index in [2.05, 4.69) is 0 Å². The lowest BCUT2D eigenvalue weighted by Crippen LogP contribution is -2.05. The zero-order valence-electron chi connectivity index (χ0n) is 17.1. The van der Waals surface area contributed by atoms with E-state index < -0.39 is 0 Å². The molecule has 4 aromatic rings. The number of benzene rings is 4. The predicted molar refractivity (Wildman–Crippen MR) is 119 cm³/mol. The molecule has 150 valence electrons. The number of hydrogen-bond acceptors (Lipinski definition) is 4. The molecule has 0 bridgehead atoms. The average molecular weight is 398 g/mol. The molecule has 0 atom stereocenters. The largest absolute Gasteiger partial charge is 0.497 e. The van der Waals surface area contributed by atoms with Gasteiger partial charge in [0.15, 0.2) is 5.78 Å². The van der Waals surface area contributed by atoms with Crippen LogP contribution in [0.1, 0.15) is 15.9 Å². The summed E-state index contributed by atoms with van der Waals surface area (Å²) in [6.45, 7) is 0. The molecule has 0 N–H and O–H groups in total. The van der Waals surface area contributed by atoms with E-state index in [0.717, 1.165) is 33.4 Å². The third kappa shape index (κ3) is 3.60. The van der Waals surface area contributed by atoms with Crippen molar-refractivity contribution in [2.75, 3.05) is 21.3 Å². The van der Waals surface area contributed by atoms with Crippen LogP contribution in [-0.2, 0) is 0 Å². The molecule has 0 radical (unpaired) electrons. The van der Waals surface area contributed by atoms with Gasteiger partial charge in [0.2, 0.25) is 0 Å². The molecular weight excluding hydrogens is 376 g/mol. The number of ether oxygens (including phenoxy) is 3. The van der Waals surface area contributed by atoms with Crippen molar-refractivity contribution in [2.45, 2.75) is 0 Å². The first-order valence-corrected chi connectivity index (χ1v) is 9.58. The highest BCUT2D eigenvalue weighted by molar-refractivity contribution is 6.20. The highest BCUT2D eigenvalue weighted by Crippen LogP contribution is 2.34. The van der Waals surface area contributed by atoms with E-state index in [1.165, 1.54) is 0 Å². The number of ketones is 1. The van der Waals surface area contributed by atoms with Crippen LogP contribution in [0.25, 0.3) is 21.9 Å². The number of fused-ring (bicyclic) bond motifs is 1. The minimum Gasteiger partial charge on any atom is -0.497 e. The number of methoxy groups -OCH3 is 3. The number of rotatable bonds is 6. The molecule has 0 amide bonds. The first-order chi connectivity index (χ1) is 14.6. The molecule has 0 heterocycles. The van der Waals surface area contributed by atoms with Gasteiger partial charge < -0.3 is 14.2 Å². The second kappa shape index (κ2) is 8.29. The molecule has 0 aliphatic carbocycles. The highest BCUT2D eigenvalue weighted by atomic mass is 16.5. The summed E-state index contributed by atoms with van der Waals surface area (Å²) in [4.78, 5) is 13.6. The van der Waals surface area contributed by atoms with E-state index in [1.807, 2.05) is 54.6 Å². The molecule has 4 nitrogen and oxygen atoms in total. The zero-order valence-corrected chi connectivity index (χ0v) is 17.1. The molecule has 4 aromatic carbocycles. The smallest absolute Gasteiger partial charge is 0.194 e. The molecule has 30 heavy (non-hydrogen) atoms. The van der Waals surface area contributed by atoms with Crippen molar-refractivity contribution in [2.24, 2.45) is 0 Å². The van der Waals surface area contributed by atoms with E-state index >= 15 is 0 Å². The maximum absolute atomic E-state index is 13.6. The molecule has 0 spiro atoms. The van der Waals surface area contributed by atoms with Gasteiger partial charge in [-0.05, 0) is 76.5 Å². The number of carbonyl (C=O) groups is 1. The van der Waals surface area contributed by atoms with Gasteiger partial charge in [0.1, 0.15) is 17.2 Å². The molecule has 4 heteroatoms. The Morgan fingerprint density at radius 3 is 1.80 bits per heavy atom. The lowest BCUT2D eigenvalue weighted by atomic mass is 9.89.